The largest absolute Gasteiger partial charge is 0.462 e. The fourth-order valence-corrected chi connectivity index (χ4v) is 11.7. The van der Waals surface area contributed by atoms with Crippen molar-refractivity contribution in [3.63, 3.8) is 0 Å². The van der Waals surface area contributed by atoms with E-state index in [0.29, 0.717) is 19.3 Å². The quantitative estimate of drug-likeness (QED) is 0.0261. The van der Waals surface area contributed by atoms with E-state index in [-0.39, 0.29) is 31.1 Å². The van der Waals surface area contributed by atoms with E-state index in [0.717, 1.165) is 64.2 Å². The van der Waals surface area contributed by atoms with Crippen molar-refractivity contribution in [2.45, 2.75) is 438 Å². The van der Waals surface area contributed by atoms with Crippen LogP contribution in [0.5, 0.6) is 0 Å². The Morgan fingerprint density at radius 1 is 0.235 bits per heavy atom. The highest BCUT2D eigenvalue weighted by atomic mass is 16.6. The van der Waals surface area contributed by atoms with Crippen molar-refractivity contribution < 1.29 is 28.6 Å². The van der Waals surface area contributed by atoms with Crippen LogP contribution in [0.25, 0.3) is 0 Å². The van der Waals surface area contributed by atoms with Crippen LogP contribution in [0.2, 0.25) is 0 Å². The summed E-state index contributed by atoms with van der Waals surface area (Å²) >= 11 is 0. The number of esters is 3. The average Bonchev–Trinajstić information content (AvgIpc) is 3.47. The van der Waals surface area contributed by atoms with Gasteiger partial charge in [-0.3, -0.25) is 14.4 Å². The first-order valence-corrected chi connectivity index (χ1v) is 37.2. The molecule has 0 spiro atoms. The molecule has 0 rings (SSSR count). The summed E-state index contributed by atoms with van der Waals surface area (Å²) < 4.78 is 17.0. The second-order valence-corrected chi connectivity index (χ2v) is 25.6. The summed E-state index contributed by atoms with van der Waals surface area (Å²) in [4.78, 5) is 38.5. The number of carbonyl (C=O) groups excluding carboxylic acids is 3. The molecule has 81 heavy (non-hydrogen) atoms. The maximum atomic E-state index is 13.0. The summed E-state index contributed by atoms with van der Waals surface area (Å²) in [6.45, 7) is 6.73. The van der Waals surface area contributed by atoms with Crippen LogP contribution in [-0.2, 0) is 28.6 Å². The molecule has 0 aromatic heterocycles. The fourth-order valence-electron chi connectivity index (χ4n) is 11.7. The molecular formula is C75H144O6. The third kappa shape index (κ3) is 68.8. The molecule has 0 saturated heterocycles. The van der Waals surface area contributed by atoms with Crippen molar-refractivity contribution in [1.82, 2.24) is 0 Å². The number of hydrogen-bond donors (Lipinski definition) is 0. The third-order valence-corrected chi connectivity index (χ3v) is 17.3. The number of ether oxygens (including phenoxy) is 3. The van der Waals surface area contributed by atoms with Gasteiger partial charge in [0.05, 0.1) is 0 Å². The van der Waals surface area contributed by atoms with Crippen LogP contribution in [0.4, 0.5) is 0 Å². The average molecular weight is 1140 g/mol. The molecule has 0 heterocycles. The van der Waals surface area contributed by atoms with Crippen molar-refractivity contribution in [3.8, 4) is 0 Å². The highest BCUT2D eigenvalue weighted by Gasteiger charge is 2.20. The smallest absolute Gasteiger partial charge is 0.306 e. The Morgan fingerprint density at radius 3 is 0.617 bits per heavy atom. The topological polar surface area (TPSA) is 78.9 Å². The lowest BCUT2D eigenvalue weighted by molar-refractivity contribution is -0.167. The molecule has 1 atom stereocenters. The van der Waals surface area contributed by atoms with E-state index in [2.05, 4.69) is 32.9 Å². The standard InChI is InChI=1S/C75H144O6/c1-4-7-10-13-16-19-22-25-28-30-32-34-35-36-37-38-39-41-42-44-47-50-53-56-59-62-65-68-74(77)80-71-72(70-79-73(76)67-64-61-58-55-52-49-46-27-24-21-18-15-12-9-6-3)81-75(78)69-66-63-60-57-54-51-48-45-43-40-33-31-29-26-23-20-17-14-11-8-5-2/h27,46,72H,4-26,28-45,47-71H2,1-3H3/b46-27-. The van der Waals surface area contributed by atoms with Gasteiger partial charge >= 0.3 is 17.9 Å². The van der Waals surface area contributed by atoms with Crippen LogP contribution in [0.15, 0.2) is 12.2 Å². The van der Waals surface area contributed by atoms with Crippen LogP contribution in [0.1, 0.15) is 432 Å². The van der Waals surface area contributed by atoms with Gasteiger partial charge in [-0.25, -0.2) is 0 Å². The van der Waals surface area contributed by atoms with E-state index < -0.39 is 6.10 Å². The SMILES string of the molecule is CCCCCCCC/C=C\CCCCCCCC(=O)OCC(COC(=O)CCCCCCCCCCCCCCCCCCCCCCCCCCCCC)OC(=O)CCCCCCCCCCCCCCCCCCCCCCC. The Bertz CT molecular complexity index is 1260. The first-order chi connectivity index (χ1) is 40.0. The number of carbonyl (C=O) groups is 3. The minimum Gasteiger partial charge on any atom is -0.462 e. The van der Waals surface area contributed by atoms with Gasteiger partial charge in [0.2, 0.25) is 0 Å². The lowest BCUT2D eigenvalue weighted by Gasteiger charge is -2.18. The van der Waals surface area contributed by atoms with E-state index in [1.54, 1.807) is 0 Å². The maximum absolute atomic E-state index is 13.0. The summed E-state index contributed by atoms with van der Waals surface area (Å²) in [7, 11) is 0. The molecule has 0 aromatic carbocycles. The van der Waals surface area contributed by atoms with Gasteiger partial charge < -0.3 is 14.2 Å². The zero-order valence-corrected chi connectivity index (χ0v) is 55.4. The minimum atomic E-state index is -0.770. The van der Waals surface area contributed by atoms with E-state index in [1.165, 1.54) is 327 Å². The summed E-state index contributed by atoms with van der Waals surface area (Å²) in [6.07, 6.45) is 85.4. The van der Waals surface area contributed by atoms with Gasteiger partial charge in [0.15, 0.2) is 6.10 Å². The van der Waals surface area contributed by atoms with Crippen molar-refractivity contribution in [1.29, 1.82) is 0 Å². The first-order valence-electron chi connectivity index (χ1n) is 37.2. The van der Waals surface area contributed by atoms with Gasteiger partial charge in [0.1, 0.15) is 13.2 Å². The number of unbranched alkanes of at least 4 members (excludes halogenated alkanes) is 57. The summed E-state index contributed by atoms with van der Waals surface area (Å²) in [5.41, 5.74) is 0. The second-order valence-electron chi connectivity index (χ2n) is 25.6. The highest BCUT2D eigenvalue weighted by Crippen LogP contribution is 2.20. The molecule has 480 valence electrons. The normalized spacial score (nSPS) is 12.0. The third-order valence-electron chi connectivity index (χ3n) is 17.3. The molecular weight excluding hydrogens is 997 g/mol. The van der Waals surface area contributed by atoms with Gasteiger partial charge in [-0.1, -0.05) is 380 Å². The molecule has 6 heteroatoms. The Morgan fingerprint density at radius 2 is 0.407 bits per heavy atom. The Kier molecular flexibility index (Phi) is 69.0. The van der Waals surface area contributed by atoms with Crippen LogP contribution in [-0.4, -0.2) is 37.2 Å². The molecule has 0 fully saturated rings. The van der Waals surface area contributed by atoms with Crippen molar-refractivity contribution in [3.05, 3.63) is 12.2 Å². The zero-order valence-electron chi connectivity index (χ0n) is 55.4. The monoisotopic (exact) mass is 1140 g/mol. The zero-order chi connectivity index (χ0) is 58.5. The number of allylic oxidation sites excluding steroid dienone is 2. The molecule has 0 aliphatic rings. The molecule has 0 aliphatic heterocycles. The van der Waals surface area contributed by atoms with Gasteiger partial charge in [-0.15, -0.1) is 0 Å². The number of rotatable bonds is 70. The van der Waals surface area contributed by atoms with E-state index >= 15 is 0 Å². The van der Waals surface area contributed by atoms with Crippen molar-refractivity contribution in [2.75, 3.05) is 13.2 Å². The maximum Gasteiger partial charge on any atom is 0.306 e. The predicted octanol–water partition coefficient (Wildman–Crippen LogP) is 25.6. The summed E-state index contributed by atoms with van der Waals surface area (Å²) in [6, 6.07) is 0. The molecule has 1 unspecified atom stereocenters. The Balaban J connectivity index is 4.21. The predicted molar refractivity (Wildman–Crippen MR) is 353 cm³/mol. The summed E-state index contributed by atoms with van der Waals surface area (Å²) in [5.74, 6) is -0.836. The van der Waals surface area contributed by atoms with Crippen molar-refractivity contribution in [2.24, 2.45) is 0 Å². The minimum absolute atomic E-state index is 0.0654. The molecule has 0 bridgehead atoms. The van der Waals surface area contributed by atoms with Crippen LogP contribution in [0.3, 0.4) is 0 Å². The van der Waals surface area contributed by atoms with Crippen LogP contribution in [0, 0.1) is 0 Å². The van der Waals surface area contributed by atoms with Gasteiger partial charge in [0.25, 0.3) is 0 Å². The molecule has 0 amide bonds. The Hall–Kier alpha value is -1.85. The van der Waals surface area contributed by atoms with E-state index in [1.807, 2.05) is 0 Å². The molecule has 0 aliphatic carbocycles. The van der Waals surface area contributed by atoms with Crippen LogP contribution >= 0.6 is 0 Å². The van der Waals surface area contributed by atoms with Crippen LogP contribution < -0.4 is 0 Å². The molecule has 0 radical (unpaired) electrons. The molecule has 0 N–H and O–H groups in total. The molecule has 0 aromatic rings. The number of hydrogen-bond acceptors (Lipinski definition) is 6. The summed E-state index contributed by atoms with van der Waals surface area (Å²) in [5, 5.41) is 0. The molecule has 0 saturated carbocycles. The lowest BCUT2D eigenvalue weighted by atomic mass is 10.0. The Labute approximate surface area is 507 Å². The fraction of sp³-hybridized carbons (Fsp3) is 0.933. The first kappa shape index (κ1) is 79.2. The second kappa shape index (κ2) is 70.6. The van der Waals surface area contributed by atoms with Gasteiger partial charge in [-0.05, 0) is 44.9 Å². The van der Waals surface area contributed by atoms with Gasteiger partial charge in [-0.2, -0.15) is 0 Å². The van der Waals surface area contributed by atoms with Crippen molar-refractivity contribution >= 4 is 17.9 Å². The van der Waals surface area contributed by atoms with Gasteiger partial charge in [0, 0.05) is 19.3 Å². The van der Waals surface area contributed by atoms with E-state index in [4.69, 9.17) is 14.2 Å². The lowest BCUT2D eigenvalue weighted by Crippen LogP contribution is -2.30. The van der Waals surface area contributed by atoms with E-state index in [9.17, 15) is 14.4 Å². The highest BCUT2D eigenvalue weighted by molar-refractivity contribution is 5.71. The molecule has 6 nitrogen and oxygen atoms in total.